The number of hydrogen-bond donors (Lipinski definition) is 1. The van der Waals surface area contributed by atoms with Crippen molar-refractivity contribution >= 4 is 38.9 Å². The van der Waals surface area contributed by atoms with Gasteiger partial charge in [0.1, 0.15) is 0 Å². The third-order valence-electron chi connectivity index (χ3n) is 5.81. The number of nitrogens with one attached hydrogen (secondary N) is 1. The first-order valence-corrected chi connectivity index (χ1v) is 12.6. The lowest BCUT2D eigenvalue weighted by atomic mass is 10.1. The van der Waals surface area contributed by atoms with Gasteiger partial charge in [-0.25, -0.2) is 8.42 Å². The van der Waals surface area contributed by atoms with Gasteiger partial charge in [0.2, 0.25) is 0 Å². The van der Waals surface area contributed by atoms with Gasteiger partial charge in [0, 0.05) is 36.9 Å². The number of amides is 1. The van der Waals surface area contributed by atoms with Crippen LogP contribution in [0.1, 0.15) is 21.5 Å². The highest BCUT2D eigenvalue weighted by Gasteiger charge is 2.26. The number of hydrogen-bond acceptors (Lipinski definition) is 4. The molecule has 3 aromatic rings. The molecule has 0 atom stereocenters. The lowest BCUT2D eigenvalue weighted by Crippen LogP contribution is -2.49. The summed E-state index contributed by atoms with van der Waals surface area (Å²) in [6.07, 6.45) is 0. The third kappa shape index (κ3) is 5.15. The summed E-state index contributed by atoms with van der Waals surface area (Å²) in [5.41, 5.74) is 3.78. The van der Waals surface area contributed by atoms with E-state index < -0.39 is 10.0 Å². The summed E-state index contributed by atoms with van der Waals surface area (Å²) in [6.45, 7) is 6.34. The van der Waals surface area contributed by atoms with Crippen LogP contribution in [0.15, 0.2) is 71.6 Å². The Kier molecular flexibility index (Phi) is 6.63. The van der Waals surface area contributed by atoms with Crippen molar-refractivity contribution in [2.75, 3.05) is 35.8 Å². The number of rotatable bonds is 5. The molecule has 8 heteroatoms. The standard InChI is InChI=1S/C25H26ClN3O3S/c1-18-7-11-21(12-8-18)33(31,32)27-23-6-4-3-5-22(23)25(30)29-15-13-28(14-16-29)24-17-20(26)10-9-19(24)2/h3-12,17,27H,13-16H2,1-2H3. The third-order valence-corrected chi connectivity index (χ3v) is 7.43. The maximum Gasteiger partial charge on any atom is 0.261 e. The van der Waals surface area contributed by atoms with E-state index in [1.54, 1.807) is 53.4 Å². The quantitative estimate of drug-likeness (QED) is 0.570. The molecule has 0 aromatic heterocycles. The topological polar surface area (TPSA) is 69.7 Å². The summed E-state index contributed by atoms with van der Waals surface area (Å²) in [4.78, 5) is 17.4. The minimum atomic E-state index is -3.81. The molecule has 1 aliphatic rings. The van der Waals surface area contributed by atoms with E-state index in [1.807, 2.05) is 32.0 Å². The molecule has 0 unspecified atom stereocenters. The van der Waals surface area contributed by atoms with Gasteiger partial charge < -0.3 is 9.80 Å². The van der Waals surface area contributed by atoms with Crippen LogP contribution < -0.4 is 9.62 Å². The van der Waals surface area contributed by atoms with Crippen molar-refractivity contribution in [3.63, 3.8) is 0 Å². The van der Waals surface area contributed by atoms with Crippen molar-refractivity contribution in [2.24, 2.45) is 0 Å². The molecule has 1 heterocycles. The fourth-order valence-electron chi connectivity index (χ4n) is 3.92. The Hall–Kier alpha value is -3.03. The zero-order valence-electron chi connectivity index (χ0n) is 18.6. The maximum absolute atomic E-state index is 13.3. The number of carbonyl (C=O) groups is 1. The summed E-state index contributed by atoms with van der Waals surface area (Å²) in [7, 11) is -3.81. The molecule has 0 radical (unpaired) electrons. The highest BCUT2D eigenvalue weighted by atomic mass is 35.5. The first kappa shape index (κ1) is 23.1. The molecule has 0 bridgehead atoms. The van der Waals surface area contributed by atoms with Gasteiger partial charge >= 0.3 is 0 Å². The van der Waals surface area contributed by atoms with E-state index in [9.17, 15) is 13.2 Å². The fraction of sp³-hybridized carbons (Fsp3) is 0.240. The highest BCUT2D eigenvalue weighted by molar-refractivity contribution is 7.92. The molecule has 1 fully saturated rings. The Balaban J connectivity index is 1.50. The number of benzene rings is 3. The van der Waals surface area contributed by atoms with Gasteiger partial charge in [-0.05, 0) is 55.8 Å². The molecule has 0 saturated carbocycles. The molecule has 1 N–H and O–H groups in total. The van der Waals surface area contributed by atoms with Crippen LogP contribution in [-0.4, -0.2) is 45.4 Å². The Morgan fingerprint density at radius 3 is 2.27 bits per heavy atom. The van der Waals surface area contributed by atoms with Crippen molar-refractivity contribution in [1.29, 1.82) is 0 Å². The number of sulfonamides is 1. The minimum Gasteiger partial charge on any atom is -0.368 e. The molecule has 1 amide bonds. The Morgan fingerprint density at radius 1 is 0.909 bits per heavy atom. The predicted molar refractivity (Wildman–Crippen MR) is 133 cm³/mol. The molecule has 1 saturated heterocycles. The molecule has 6 nitrogen and oxygen atoms in total. The van der Waals surface area contributed by atoms with Gasteiger partial charge in [0.25, 0.3) is 15.9 Å². The monoisotopic (exact) mass is 483 g/mol. The van der Waals surface area contributed by atoms with Crippen LogP contribution in [0.3, 0.4) is 0 Å². The van der Waals surface area contributed by atoms with Gasteiger partial charge in [0.15, 0.2) is 0 Å². The van der Waals surface area contributed by atoms with E-state index in [0.29, 0.717) is 36.8 Å². The average molecular weight is 484 g/mol. The predicted octanol–water partition coefficient (Wildman–Crippen LogP) is 4.72. The summed E-state index contributed by atoms with van der Waals surface area (Å²) in [5.74, 6) is -0.195. The first-order valence-electron chi connectivity index (χ1n) is 10.7. The second-order valence-electron chi connectivity index (χ2n) is 8.17. The van der Waals surface area contributed by atoms with Crippen molar-refractivity contribution in [3.8, 4) is 0 Å². The van der Waals surface area contributed by atoms with Gasteiger partial charge in [-0.15, -0.1) is 0 Å². The molecule has 0 aliphatic carbocycles. The summed E-state index contributed by atoms with van der Waals surface area (Å²) < 4.78 is 28.3. The molecule has 1 aliphatic heterocycles. The highest BCUT2D eigenvalue weighted by Crippen LogP contribution is 2.27. The number of anilines is 2. The maximum atomic E-state index is 13.3. The minimum absolute atomic E-state index is 0.154. The number of halogens is 1. The van der Waals surface area contributed by atoms with E-state index >= 15 is 0 Å². The Morgan fingerprint density at radius 2 is 1.58 bits per heavy atom. The summed E-state index contributed by atoms with van der Waals surface area (Å²) >= 11 is 6.17. The molecule has 4 rings (SSSR count). The Labute approximate surface area is 199 Å². The van der Waals surface area contributed by atoms with Crippen LogP contribution in [-0.2, 0) is 10.0 Å². The first-order chi connectivity index (χ1) is 15.7. The number of piperazine rings is 1. The van der Waals surface area contributed by atoms with Crippen LogP contribution >= 0.6 is 11.6 Å². The smallest absolute Gasteiger partial charge is 0.261 e. The van der Waals surface area contributed by atoms with Crippen LogP contribution in [0.2, 0.25) is 5.02 Å². The summed E-state index contributed by atoms with van der Waals surface area (Å²) in [6, 6.07) is 19.1. The van der Waals surface area contributed by atoms with Crippen molar-refractivity contribution in [3.05, 3.63) is 88.4 Å². The van der Waals surface area contributed by atoms with E-state index in [-0.39, 0.29) is 16.5 Å². The largest absolute Gasteiger partial charge is 0.368 e. The number of carbonyl (C=O) groups excluding carboxylic acids is 1. The molecule has 3 aromatic carbocycles. The zero-order valence-corrected chi connectivity index (χ0v) is 20.2. The molecule has 33 heavy (non-hydrogen) atoms. The average Bonchev–Trinajstić information content (AvgIpc) is 2.81. The van der Waals surface area contributed by atoms with E-state index in [4.69, 9.17) is 11.6 Å². The Bertz CT molecular complexity index is 1270. The fourth-order valence-corrected chi connectivity index (χ4v) is 5.17. The lowest BCUT2D eigenvalue weighted by molar-refractivity contribution is 0.0748. The van der Waals surface area contributed by atoms with E-state index in [1.165, 1.54) is 0 Å². The van der Waals surface area contributed by atoms with Gasteiger partial charge in [-0.2, -0.15) is 0 Å². The van der Waals surface area contributed by atoms with Gasteiger partial charge in [-0.1, -0.05) is 47.5 Å². The van der Waals surface area contributed by atoms with E-state index in [2.05, 4.69) is 9.62 Å². The molecule has 172 valence electrons. The van der Waals surface area contributed by atoms with Crippen LogP contribution in [0.4, 0.5) is 11.4 Å². The SMILES string of the molecule is Cc1ccc(S(=O)(=O)Nc2ccccc2C(=O)N2CCN(c3cc(Cl)ccc3C)CC2)cc1. The second kappa shape index (κ2) is 9.45. The van der Waals surface area contributed by atoms with Crippen LogP contribution in [0.5, 0.6) is 0 Å². The van der Waals surface area contributed by atoms with Gasteiger partial charge in [0.05, 0.1) is 16.1 Å². The van der Waals surface area contributed by atoms with Crippen molar-refractivity contribution in [2.45, 2.75) is 18.7 Å². The van der Waals surface area contributed by atoms with Crippen molar-refractivity contribution < 1.29 is 13.2 Å². The van der Waals surface area contributed by atoms with Crippen LogP contribution in [0, 0.1) is 13.8 Å². The second-order valence-corrected chi connectivity index (χ2v) is 10.3. The van der Waals surface area contributed by atoms with Crippen molar-refractivity contribution in [1.82, 2.24) is 4.90 Å². The number of aryl methyl sites for hydroxylation is 2. The number of nitrogens with zero attached hydrogens (tertiary/aromatic N) is 2. The van der Waals surface area contributed by atoms with Crippen LogP contribution in [0.25, 0.3) is 0 Å². The zero-order chi connectivity index (χ0) is 23.6. The number of para-hydroxylation sites is 1. The molecular weight excluding hydrogens is 458 g/mol. The lowest BCUT2D eigenvalue weighted by Gasteiger charge is -2.37. The normalized spacial score (nSPS) is 14.3. The van der Waals surface area contributed by atoms with E-state index in [0.717, 1.165) is 16.8 Å². The molecule has 0 spiro atoms. The molecular formula is C25H26ClN3O3S. The van der Waals surface area contributed by atoms with Gasteiger partial charge in [-0.3, -0.25) is 9.52 Å². The summed E-state index contributed by atoms with van der Waals surface area (Å²) in [5, 5.41) is 0.684.